The second-order valence-electron chi connectivity index (χ2n) is 40.6. The molecule has 135 heavy (non-hydrogen) atoms. The Hall–Kier alpha value is -10.2. The highest BCUT2D eigenvalue weighted by Crippen LogP contribution is 2.54. The number of nitrogens with zero attached hydrogens (tertiary/aromatic N) is 11. The number of carbonyl (C=O) groups excluding carboxylic acids is 4. The number of carboxylic acids is 1. The van der Waals surface area contributed by atoms with Crippen LogP contribution in [-0.4, -0.2) is 219 Å². The molecule has 3 saturated carbocycles. The van der Waals surface area contributed by atoms with Crippen LogP contribution in [0.15, 0.2) is 110 Å². The van der Waals surface area contributed by atoms with Crippen molar-refractivity contribution in [2.24, 2.45) is 39.7 Å². The quantitative estimate of drug-likeness (QED) is 0.0329. The van der Waals surface area contributed by atoms with E-state index in [4.69, 9.17) is 20.3 Å². The van der Waals surface area contributed by atoms with Crippen molar-refractivity contribution in [2.45, 2.75) is 244 Å². The van der Waals surface area contributed by atoms with Gasteiger partial charge in [-0.3, -0.25) is 9.59 Å². The topological polar surface area (TPSA) is 316 Å². The highest BCUT2D eigenvalue weighted by atomic mass is 32.1. The number of fused-ring (bicyclic) bond motifs is 3. The van der Waals surface area contributed by atoms with Crippen LogP contribution < -0.4 is 52.3 Å². The van der Waals surface area contributed by atoms with E-state index in [0.29, 0.717) is 84.8 Å². The van der Waals surface area contributed by atoms with Gasteiger partial charge in [-0.25, -0.2) is 44.3 Å². The van der Waals surface area contributed by atoms with E-state index < -0.39 is 55.0 Å². The van der Waals surface area contributed by atoms with Crippen LogP contribution in [0.5, 0.6) is 0 Å². The Labute approximate surface area is 792 Å². The first-order valence-electron chi connectivity index (χ1n) is 46.8. The highest BCUT2D eigenvalue weighted by molar-refractivity contribution is 7.19. The van der Waals surface area contributed by atoms with E-state index in [2.05, 4.69) is 83.4 Å². The molecule has 0 bridgehead atoms. The molecule has 6 aliphatic heterocycles. The third-order valence-corrected chi connectivity index (χ3v) is 30.8. The molecule has 3 aromatic carbocycles. The third kappa shape index (κ3) is 26.0. The molecule has 0 radical (unpaired) electrons. The average Bonchev–Trinajstić information content (AvgIpc) is 1.61. The van der Waals surface area contributed by atoms with Crippen molar-refractivity contribution in [3.63, 3.8) is 0 Å². The molecule has 18 rings (SSSR count). The van der Waals surface area contributed by atoms with Crippen molar-refractivity contribution < 1.29 is 78.1 Å². The largest absolute Gasteiger partial charge is 0.478 e. The molecule has 3 atom stereocenters. The summed E-state index contributed by atoms with van der Waals surface area (Å²) in [6, 6.07) is 28.2. The maximum atomic E-state index is 13.0. The molecular formula is C97H123F9N18O8S3. The van der Waals surface area contributed by atoms with E-state index in [1.807, 2.05) is 104 Å². The Morgan fingerprint density at radius 2 is 0.741 bits per heavy atom. The van der Waals surface area contributed by atoms with Crippen LogP contribution in [0.25, 0.3) is 30.6 Å². The lowest BCUT2D eigenvalue weighted by molar-refractivity contribution is -0.127. The van der Waals surface area contributed by atoms with Crippen molar-refractivity contribution >= 4 is 129 Å². The molecule has 3 spiro atoms. The van der Waals surface area contributed by atoms with Gasteiger partial charge in [0.1, 0.15) is 62.1 Å². The molecule has 9 N–H and O–H groups in total. The predicted octanol–water partition coefficient (Wildman–Crippen LogP) is 19.4. The number of amides is 4. The smallest absolute Gasteiger partial charge is 0.410 e. The van der Waals surface area contributed by atoms with Gasteiger partial charge in [0, 0.05) is 145 Å². The number of likely N-dealkylation sites (tertiary alicyclic amines) is 2. The normalized spacial score (nSPS) is 23.0. The number of rotatable bonds is 20. The number of hydrogen-bond acceptors (Lipinski definition) is 24. The zero-order chi connectivity index (χ0) is 96.3. The summed E-state index contributed by atoms with van der Waals surface area (Å²) in [5, 5.41) is 31.5. The fourth-order valence-corrected chi connectivity index (χ4v) is 23.8. The fourth-order valence-electron chi connectivity index (χ4n) is 20.8. The maximum absolute atomic E-state index is 13.0. The van der Waals surface area contributed by atoms with Crippen LogP contribution in [-0.2, 0) is 28.7 Å². The minimum atomic E-state index is -4.25. The molecule has 9 aliphatic rings. The minimum Gasteiger partial charge on any atom is -0.478 e. The summed E-state index contributed by atoms with van der Waals surface area (Å²) in [5.74, 6) is 2.45. The van der Waals surface area contributed by atoms with Gasteiger partial charge in [0.15, 0.2) is 0 Å². The van der Waals surface area contributed by atoms with E-state index in [1.165, 1.54) is 19.0 Å². The second kappa shape index (κ2) is 40.9. The number of nitrogens with one attached hydrogen (secondary N) is 6. The summed E-state index contributed by atoms with van der Waals surface area (Å²) >= 11 is 3.26. The van der Waals surface area contributed by atoms with E-state index in [0.717, 1.165) is 230 Å². The van der Waals surface area contributed by atoms with Crippen LogP contribution in [0.4, 0.5) is 83.6 Å². The average molecular weight is 1940 g/mol. The number of benzene rings is 3. The first-order chi connectivity index (χ1) is 63.8. The number of alkyl halides is 9. The third-order valence-electron chi connectivity index (χ3n) is 27.7. The summed E-state index contributed by atoms with van der Waals surface area (Å²) in [6.07, 6.45) is 3.11. The van der Waals surface area contributed by atoms with Gasteiger partial charge in [-0.1, -0.05) is 0 Å². The Balaban J connectivity index is 0.000000144. The number of carboxylic acid groups (broad SMARTS) is 1. The number of ether oxygens (including phenoxy) is 2. The van der Waals surface area contributed by atoms with E-state index in [-0.39, 0.29) is 84.5 Å². The molecule has 12 heterocycles. The zero-order valence-electron chi connectivity index (χ0n) is 77.7. The second-order valence-corrected chi connectivity index (χ2v) is 44.0. The summed E-state index contributed by atoms with van der Waals surface area (Å²) in [7, 11) is 0. The lowest BCUT2D eigenvalue weighted by atomic mass is 9.65. The number of carbonyl (C=O) groups is 5. The molecule has 4 amide bonds. The first kappa shape index (κ1) is 99.3. The Morgan fingerprint density at radius 1 is 0.444 bits per heavy atom. The van der Waals surface area contributed by atoms with Gasteiger partial charge in [0.25, 0.3) is 11.8 Å². The SMILES string of the molecule is CC(N)C1CCN(C(=O)OC(C)(C)C)CC1.CC(NC(=O)c1ccc(NC2CC3(CCN(c4ncnc5sc(CC(F)(F)F)cc45)C3)C2)cc1)C1CCN(C(=O)OC(C)(C)C)CC1.CC(NC(=O)c1ccc(NC2CC3(CCN(c4ncnc5sc(CC(F)(F)F)cc45)C3)C2)cc1)C1CCNCC1.O=C(O)c1ccc(NC2CC3(CCN(c4ncnc5sc(CC(F)(F)F)cc45)C3)C2)cc1. The molecule has 38 heteroatoms. The van der Waals surface area contributed by atoms with Crippen molar-refractivity contribution in [2.75, 3.05) is 109 Å². The molecule has 3 aliphatic carbocycles. The fraction of sp³-hybridized carbons (Fsp3) is 0.577. The van der Waals surface area contributed by atoms with Gasteiger partial charge in [0.05, 0.1) is 41.0 Å². The zero-order valence-corrected chi connectivity index (χ0v) is 80.2. The molecule has 730 valence electrons. The number of piperidine rings is 3. The molecular weight excluding hydrogens is 1810 g/mol. The van der Waals surface area contributed by atoms with Crippen LogP contribution in [0.2, 0.25) is 0 Å². The number of anilines is 6. The van der Waals surface area contributed by atoms with Crippen LogP contribution in [0.3, 0.4) is 0 Å². The van der Waals surface area contributed by atoms with Gasteiger partial charge >= 0.3 is 36.7 Å². The maximum Gasteiger partial charge on any atom is 0.410 e. The predicted molar refractivity (Wildman–Crippen MR) is 510 cm³/mol. The van der Waals surface area contributed by atoms with Gasteiger partial charge in [-0.2, -0.15) is 39.5 Å². The Morgan fingerprint density at radius 3 is 1.03 bits per heavy atom. The molecule has 26 nitrogen and oxygen atoms in total. The Bertz CT molecular complexity index is 5590. The summed E-state index contributed by atoms with van der Waals surface area (Å²) in [4.78, 5) is 99.5. The molecule has 3 unspecified atom stereocenters. The lowest BCUT2D eigenvalue weighted by Crippen LogP contribution is -2.47. The van der Waals surface area contributed by atoms with E-state index >= 15 is 0 Å². The van der Waals surface area contributed by atoms with Crippen LogP contribution in [0.1, 0.15) is 204 Å². The lowest BCUT2D eigenvalue weighted by Gasteiger charge is -2.46. The highest BCUT2D eigenvalue weighted by Gasteiger charge is 2.52. The van der Waals surface area contributed by atoms with E-state index in [9.17, 15) is 63.5 Å². The monoisotopic (exact) mass is 1930 g/mol. The molecule has 9 aromatic rings. The number of aromatic carboxylic acids is 1. The van der Waals surface area contributed by atoms with Gasteiger partial charge in [0.2, 0.25) is 0 Å². The summed E-state index contributed by atoms with van der Waals surface area (Å²) in [6.45, 7) is 27.1. The standard InChI is InChI=1S/C34H43F3N6O3S.C29H35F3N6OS.C22H21F3N4O2S.C12H24N2O2/c1-21(22-9-12-42(13-10-22)31(45)46-32(2,3)4)40-29(44)23-5-7-24(8-6-23)41-25-16-33(17-25)11-14-43(19-33)28-27-15-26(18-34(35,36)37)47-30(27)39-20-38-28;1-18(19-6-9-33-10-7-19)36-26(39)20-2-4-21(5-3-20)37-22-13-28(14-22)8-11-38(16-28)25-24-12-23(15-29(30,31)32)40-27(24)35-17-34-25;23-22(24,25)10-16-7-17-18(26-12-27-19(17)32-16)29-6-5-21(11-29)8-15(9-21)28-14-3-1-13(2-4-14)20(30)31;1-9(13)10-5-7-14(8-6-10)11(15)16-12(2,3)4/h5-8,15,20-22,25,41H,9-14,16-19H2,1-4H3,(H,40,44);2-5,12,17-19,22,33,37H,6-11,13-16H2,1H3,(H,36,39);1-4,7,12,15,28H,5-6,8-11H2,(H,30,31);9-10H,5-8,13H2,1-4H3. The number of aromatic nitrogens is 6. The van der Waals surface area contributed by atoms with Gasteiger partial charge in [-0.05, 0) is 297 Å². The summed E-state index contributed by atoms with van der Waals surface area (Å²) < 4.78 is 127. The minimum absolute atomic E-state index is 0.0154. The summed E-state index contributed by atoms with van der Waals surface area (Å²) in [5.41, 5.74) is 9.84. The van der Waals surface area contributed by atoms with Crippen molar-refractivity contribution in [3.05, 3.63) is 141 Å². The number of halogens is 9. The van der Waals surface area contributed by atoms with Crippen LogP contribution >= 0.6 is 34.0 Å². The van der Waals surface area contributed by atoms with Crippen molar-refractivity contribution in [3.8, 4) is 0 Å². The first-order valence-corrected chi connectivity index (χ1v) is 49.3. The van der Waals surface area contributed by atoms with Gasteiger partial charge < -0.3 is 76.7 Å². The van der Waals surface area contributed by atoms with Crippen molar-refractivity contribution in [1.29, 1.82) is 0 Å². The molecule has 9 fully saturated rings. The number of hydrogen-bond donors (Lipinski definition) is 8. The number of thiophene rings is 3. The van der Waals surface area contributed by atoms with Gasteiger partial charge in [-0.15, -0.1) is 34.0 Å². The van der Waals surface area contributed by atoms with Crippen molar-refractivity contribution in [1.82, 2.24) is 55.7 Å². The van der Waals surface area contributed by atoms with Crippen LogP contribution in [0, 0.1) is 34.0 Å². The Kier molecular flexibility index (Phi) is 30.1. The number of nitrogens with two attached hydrogens (primary N) is 1. The van der Waals surface area contributed by atoms with E-state index in [1.54, 1.807) is 52.3 Å². The molecule has 6 aromatic heterocycles. The molecule has 6 saturated heterocycles.